The molecule has 0 saturated carbocycles. The van der Waals surface area contributed by atoms with Crippen LogP contribution >= 0.6 is 0 Å². The van der Waals surface area contributed by atoms with Gasteiger partial charge in [0.15, 0.2) is 5.76 Å². The van der Waals surface area contributed by atoms with Gasteiger partial charge in [-0.1, -0.05) is 23.8 Å². The van der Waals surface area contributed by atoms with Crippen LogP contribution in [0.2, 0.25) is 0 Å². The summed E-state index contributed by atoms with van der Waals surface area (Å²) in [4.78, 5) is 14.4. The second-order valence-corrected chi connectivity index (χ2v) is 6.87. The van der Waals surface area contributed by atoms with E-state index in [4.69, 9.17) is 10.2 Å². The van der Waals surface area contributed by atoms with Crippen molar-refractivity contribution < 1.29 is 9.21 Å². The maximum atomic E-state index is 11.9. The van der Waals surface area contributed by atoms with E-state index in [2.05, 4.69) is 24.0 Å². The number of carbonyl (C=O) groups excluding carboxylic acids is 1. The van der Waals surface area contributed by atoms with Crippen molar-refractivity contribution in [3.05, 3.63) is 47.2 Å². The molecule has 1 aromatic carbocycles. The van der Waals surface area contributed by atoms with Crippen LogP contribution < -0.4 is 5.73 Å². The molecule has 3 saturated heterocycles. The van der Waals surface area contributed by atoms with Gasteiger partial charge in [-0.05, 0) is 50.9 Å². The Morgan fingerprint density at radius 1 is 1.26 bits per heavy atom. The molecule has 2 aromatic rings. The van der Waals surface area contributed by atoms with Gasteiger partial charge in [0.2, 0.25) is 0 Å². The van der Waals surface area contributed by atoms with Crippen LogP contribution in [0.3, 0.4) is 0 Å². The Balaban J connectivity index is 1.76. The summed E-state index contributed by atoms with van der Waals surface area (Å²) in [6, 6.07) is 10.2. The molecule has 4 nitrogen and oxygen atoms in total. The van der Waals surface area contributed by atoms with E-state index in [1.165, 1.54) is 31.5 Å². The molecule has 3 aliphatic rings. The summed E-state index contributed by atoms with van der Waals surface area (Å²) in [7, 11) is 0. The van der Waals surface area contributed by atoms with Crippen molar-refractivity contribution in [2.24, 2.45) is 11.7 Å². The first kappa shape index (κ1) is 14.5. The van der Waals surface area contributed by atoms with Gasteiger partial charge < -0.3 is 15.1 Å². The lowest BCUT2D eigenvalue weighted by Crippen LogP contribution is -2.46. The Bertz CT molecular complexity index is 742. The fraction of sp³-hybridized carbons (Fsp3) is 0.421. The normalized spacial score (nSPS) is 26.4. The van der Waals surface area contributed by atoms with E-state index < -0.39 is 5.91 Å². The van der Waals surface area contributed by atoms with Crippen molar-refractivity contribution in [3.8, 4) is 11.3 Å². The minimum atomic E-state index is -0.463. The Hall–Kier alpha value is -2.07. The Kier molecular flexibility index (Phi) is 3.49. The number of benzene rings is 1. The molecule has 1 atom stereocenters. The van der Waals surface area contributed by atoms with Crippen molar-refractivity contribution in [1.29, 1.82) is 0 Å². The molecule has 23 heavy (non-hydrogen) atoms. The predicted molar refractivity (Wildman–Crippen MR) is 89.3 cm³/mol. The Labute approximate surface area is 136 Å². The van der Waals surface area contributed by atoms with Crippen LogP contribution in [0.4, 0.5) is 0 Å². The molecular weight excluding hydrogens is 288 g/mol. The molecule has 1 aromatic heterocycles. The highest BCUT2D eigenvalue weighted by Crippen LogP contribution is 2.42. The van der Waals surface area contributed by atoms with Crippen LogP contribution in [0.25, 0.3) is 11.3 Å². The van der Waals surface area contributed by atoms with E-state index >= 15 is 0 Å². The fourth-order valence-corrected chi connectivity index (χ4v) is 4.13. The van der Waals surface area contributed by atoms with Gasteiger partial charge in [0.05, 0.1) is 0 Å². The van der Waals surface area contributed by atoms with Crippen molar-refractivity contribution in [1.82, 2.24) is 4.90 Å². The Morgan fingerprint density at radius 3 is 2.65 bits per heavy atom. The molecule has 4 heteroatoms. The van der Waals surface area contributed by atoms with Crippen LogP contribution in [0.5, 0.6) is 0 Å². The second-order valence-electron chi connectivity index (χ2n) is 6.87. The highest BCUT2D eigenvalue weighted by Gasteiger charge is 2.38. The fourth-order valence-electron chi connectivity index (χ4n) is 4.13. The summed E-state index contributed by atoms with van der Waals surface area (Å²) in [5, 5.41) is 0. The lowest BCUT2D eigenvalue weighted by Gasteiger charge is -2.44. The molecule has 120 valence electrons. The van der Waals surface area contributed by atoms with E-state index in [0.29, 0.717) is 17.6 Å². The second kappa shape index (κ2) is 5.53. The lowest BCUT2D eigenvalue weighted by atomic mass is 9.75. The third kappa shape index (κ3) is 2.57. The third-order valence-corrected chi connectivity index (χ3v) is 5.34. The standard InChI is InChI=1S/C19H22N2O2/c1-12-3-2-4-14(9-12)17-10-15(18(23-17)19(20)22)16-11-21-7-5-13(16)6-8-21/h2-4,9-10,13,16H,5-8,11H2,1H3,(H2,20,22). The van der Waals surface area contributed by atoms with Gasteiger partial charge in [-0.25, -0.2) is 0 Å². The highest BCUT2D eigenvalue weighted by atomic mass is 16.4. The number of hydrogen-bond acceptors (Lipinski definition) is 3. The van der Waals surface area contributed by atoms with E-state index in [9.17, 15) is 4.79 Å². The predicted octanol–water partition coefficient (Wildman–Crippen LogP) is 3.16. The number of rotatable bonds is 3. The topological polar surface area (TPSA) is 59.5 Å². The van der Waals surface area contributed by atoms with Gasteiger partial charge in [-0.3, -0.25) is 4.79 Å². The summed E-state index contributed by atoms with van der Waals surface area (Å²) >= 11 is 0. The van der Waals surface area contributed by atoms with E-state index in [1.807, 2.05) is 18.2 Å². The molecule has 0 aliphatic carbocycles. The van der Waals surface area contributed by atoms with Gasteiger partial charge in [-0.2, -0.15) is 0 Å². The number of carbonyl (C=O) groups is 1. The molecule has 4 heterocycles. The van der Waals surface area contributed by atoms with Crippen LogP contribution in [0.15, 0.2) is 34.7 Å². The molecule has 5 rings (SSSR count). The third-order valence-electron chi connectivity index (χ3n) is 5.34. The van der Waals surface area contributed by atoms with E-state index in [1.54, 1.807) is 0 Å². The molecule has 2 bridgehead atoms. The smallest absolute Gasteiger partial charge is 0.284 e. The number of amides is 1. The van der Waals surface area contributed by atoms with Gasteiger partial charge >= 0.3 is 0 Å². The first-order valence-electron chi connectivity index (χ1n) is 8.35. The maximum Gasteiger partial charge on any atom is 0.284 e. The molecule has 1 amide bonds. The minimum absolute atomic E-state index is 0.347. The SMILES string of the molecule is Cc1cccc(-c2cc(C3CN4CCC3CC4)c(C(N)=O)o2)c1. The number of primary amides is 1. The van der Waals surface area contributed by atoms with Gasteiger partial charge in [-0.15, -0.1) is 0 Å². The zero-order valence-electron chi connectivity index (χ0n) is 13.4. The first-order valence-corrected chi connectivity index (χ1v) is 8.35. The zero-order chi connectivity index (χ0) is 16.0. The molecule has 3 fully saturated rings. The van der Waals surface area contributed by atoms with Crippen molar-refractivity contribution in [3.63, 3.8) is 0 Å². The number of aryl methyl sites for hydroxylation is 1. The molecule has 3 aliphatic heterocycles. The summed E-state index contributed by atoms with van der Waals surface area (Å²) in [6.45, 7) is 5.42. The summed E-state index contributed by atoms with van der Waals surface area (Å²) < 4.78 is 5.89. The molecule has 2 N–H and O–H groups in total. The largest absolute Gasteiger partial charge is 0.451 e. The van der Waals surface area contributed by atoms with Crippen LogP contribution in [0.1, 0.15) is 40.4 Å². The zero-order valence-corrected chi connectivity index (χ0v) is 13.4. The van der Waals surface area contributed by atoms with E-state index in [-0.39, 0.29) is 0 Å². The van der Waals surface area contributed by atoms with Gasteiger partial charge in [0.1, 0.15) is 5.76 Å². The van der Waals surface area contributed by atoms with Crippen molar-refractivity contribution in [2.75, 3.05) is 19.6 Å². The average molecular weight is 310 g/mol. The highest BCUT2D eigenvalue weighted by molar-refractivity contribution is 5.92. The molecule has 0 radical (unpaired) electrons. The number of nitrogens with zero attached hydrogens (tertiary/aromatic N) is 1. The summed E-state index contributed by atoms with van der Waals surface area (Å²) in [6.07, 6.45) is 2.40. The number of furan rings is 1. The minimum Gasteiger partial charge on any atom is -0.451 e. The molecule has 1 unspecified atom stereocenters. The van der Waals surface area contributed by atoms with Crippen molar-refractivity contribution >= 4 is 5.91 Å². The maximum absolute atomic E-state index is 11.9. The number of fused-ring (bicyclic) bond motifs is 3. The van der Waals surface area contributed by atoms with Gasteiger partial charge in [0, 0.05) is 23.6 Å². The van der Waals surface area contributed by atoms with Gasteiger partial charge in [0.25, 0.3) is 5.91 Å². The molecular formula is C19H22N2O2. The van der Waals surface area contributed by atoms with E-state index in [0.717, 1.165) is 23.4 Å². The molecule has 0 spiro atoms. The van der Waals surface area contributed by atoms with Crippen molar-refractivity contribution in [2.45, 2.75) is 25.7 Å². The number of nitrogens with two attached hydrogens (primary N) is 1. The first-order chi connectivity index (χ1) is 11.1. The summed E-state index contributed by atoms with van der Waals surface area (Å²) in [5.74, 6) is 1.63. The van der Waals surface area contributed by atoms with Crippen LogP contribution in [0, 0.1) is 12.8 Å². The Morgan fingerprint density at radius 2 is 2.04 bits per heavy atom. The monoisotopic (exact) mass is 310 g/mol. The lowest BCUT2D eigenvalue weighted by molar-refractivity contribution is 0.0845. The number of hydrogen-bond donors (Lipinski definition) is 1. The quantitative estimate of drug-likeness (QED) is 0.947. The number of piperidine rings is 3. The summed E-state index contributed by atoms with van der Waals surface area (Å²) in [5.41, 5.74) is 8.77. The van der Waals surface area contributed by atoms with Crippen LogP contribution in [-0.2, 0) is 0 Å². The average Bonchev–Trinajstić information content (AvgIpc) is 3.01. The van der Waals surface area contributed by atoms with Crippen LogP contribution in [-0.4, -0.2) is 30.4 Å².